The average Bonchev–Trinajstić information content (AvgIpc) is 2.39. The van der Waals surface area contributed by atoms with Gasteiger partial charge in [0.2, 0.25) is 0 Å². The van der Waals surface area contributed by atoms with Crippen molar-refractivity contribution >= 4 is 11.4 Å². The summed E-state index contributed by atoms with van der Waals surface area (Å²) in [6.45, 7) is 2.69. The lowest BCUT2D eigenvalue weighted by molar-refractivity contribution is -0.384. The summed E-state index contributed by atoms with van der Waals surface area (Å²) in [6, 6.07) is 13.6. The van der Waals surface area contributed by atoms with Gasteiger partial charge in [0.25, 0.3) is 5.69 Å². The molecular formula is C16H16N2O2. The van der Waals surface area contributed by atoms with Crippen LogP contribution in [0.15, 0.2) is 42.5 Å². The van der Waals surface area contributed by atoms with E-state index in [0.29, 0.717) is 5.92 Å². The average molecular weight is 268 g/mol. The molecule has 0 aliphatic heterocycles. The molecule has 1 unspecified atom stereocenters. The lowest BCUT2D eigenvalue weighted by Crippen LogP contribution is -2.24. The first-order valence-electron chi connectivity index (χ1n) is 6.71. The van der Waals surface area contributed by atoms with Gasteiger partial charge in [0, 0.05) is 30.3 Å². The Kier molecular flexibility index (Phi) is 3.14. The first-order chi connectivity index (χ1) is 9.63. The standard InChI is InChI=1S/C16H16N2O2/c1-11-6-14(9-15(7-11)18(19)20)17-10-13-8-12-4-2-3-5-16(12)13/h2-7,9,13,17H,8,10H2,1H3. The van der Waals surface area contributed by atoms with Gasteiger partial charge in [-0.05, 0) is 36.1 Å². The molecule has 0 saturated carbocycles. The third-order valence-corrected chi connectivity index (χ3v) is 3.79. The van der Waals surface area contributed by atoms with Crippen molar-refractivity contribution in [3.8, 4) is 0 Å². The normalized spacial score (nSPS) is 16.1. The zero-order chi connectivity index (χ0) is 14.1. The van der Waals surface area contributed by atoms with Gasteiger partial charge in [-0.25, -0.2) is 0 Å². The van der Waals surface area contributed by atoms with Gasteiger partial charge in [0.05, 0.1) is 4.92 Å². The number of nitro groups is 1. The second-order valence-electron chi connectivity index (χ2n) is 5.30. The van der Waals surface area contributed by atoms with Crippen molar-refractivity contribution in [3.05, 3.63) is 69.3 Å². The summed E-state index contributed by atoms with van der Waals surface area (Å²) < 4.78 is 0. The summed E-state index contributed by atoms with van der Waals surface area (Å²) in [6.07, 6.45) is 1.08. The molecule has 1 N–H and O–H groups in total. The summed E-state index contributed by atoms with van der Waals surface area (Å²) in [5, 5.41) is 14.2. The second kappa shape index (κ2) is 4.96. The number of rotatable bonds is 4. The predicted octanol–water partition coefficient (Wildman–Crippen LogP) is 3.66. The Balaban J connectivity index is 1.69. The Hall–Kier alpha value is -2.36. The van der Waals surface area contributed by atoms with E-state index >= 15 is 0 Å². The Morgan fingerprint density at radius 2 is 2.10 bits per heavy atom. The number of nitrogens with one attached hydrogen (secondary N) is 1. The molecule has 102 valence electrons. The van der Waals surface area contributed by atoms with Crippen LogP contribution in [0.1, 0.15) is 22.6 Å². The van der Waals surface area contributed by atoms with Crippen LogP contribution in [0.3, 0.4) is 0 Å². The Morgan fingerprint density at radius 3 is 2.85 bits per heavy atom. The number of nitrogens with zero attached hydrogens (tertiary/aromatic N) is 1. The van der Waals surface area contributed by atoms with E-state index in [1.165, 1.54) is 11.1 Å². The SMILES string of the molecule is Cc1cc(NCC2Cc3ccccc32)cc([N+](=O)[O-])c1. The van der Waals surface area contributed by atoms with Crippen LogP contribution in [0.2, 0.25) is 0 Å². The molecular weight excluding hydrogens is 252 g/mol. The van der Waals surface area contributed by atoms with Crippen molar-refractivity contribution in [2.24, 2.45) is 0 Å². The predicted molar refractivity (Wildman–Crippen MR) is 79.2 cm³/mol. The zero-order valence-corrected chi connectivity index (χ0v) is 11.3. The minimum atomic E-state index is -0.350. The topological polar surface area (TPSA) is 55.2 Å². The number of nitro benzene ring substituents is 1. The van der Waals surface area contributed by atoms with E-state index in [0.717, 1.165) is 24.2 Å². The van der Waals surface area contributed by atoms with Gasteiger partial charge in [0.1, 0.15) is 0 Å². The molecule has 1 atom stereocenters. The summed E-state index contributed by atoms with van der Waals surface area (Å²) in [7, 11) is 0. The van der Waals surface area contributed by atoms with Crippen molar-refractivity contribution in [2.75, 3.05) is 11.9 Å². The number of benzene rings is 2. The number of fused-ring (bicyclic) bond motifs is 1. The van der Waals surface area contributed by atoms with Crippen molar-refractivity contribution in [3.63, 3.8) is 0 Å². The lowest BCUT2D eigenvalue weighted by atomic mass is 9.77. The van der Waals surface area contributed by atoms with Crippen molar-refractivity contribution in [1.29, 1.82) is 0 Å². The third-order valence-electron chi connectivity index (χ3n) is 3.79. The highest BCUT2D eigenvalue weighted by Crippen LogP contribution is 2.35. The zero-order valence-electron chi connectivity index (χ0n) is 11.3. The molecule has 0 aromatic heterocycles. The maximum atomic E-state index is 10.9. The summed E-state index contributed by atoms with van der Waals surface area (Å²) >= 11 is 0. The number of hydrogen-bond donors (Lipinski definition) is 1. The van der Waals surface area contributed by atoms with Gasteiger partial charge in [-0.2, -0.15) is 0 Å². The van der Waals surface area contributed by atoms with Gasteiger partial charge >= 0.3 is 0 Å². The minimum absolute atomic E-state index is 0.140. The molecule has 0 saturated heterocycles. The van der Waals surface area contributed by atoms with Crippen LogP contribution in [0.5, 0.6) is 0 Å². The number of non-ortho nitro benzene ring substituents is 1. The maximum Gasteiger partial charge on any atom is 0.271 e. The molecule has 2 aromatic carbocycles. The fraction of sp³-hybridized carbons (Fsp3) is 0.250. The highest BCUT2D eigenvalue weighted by molar-refractivity contribution is 5.54. The molecule has 0 heterocycles. The molecule has 4 heteroatoms. The second-order valence-corrected chi connectivity index (χ2v) is 5.30. The number of anilines is 1. The van der Waals surface area contributed by atoms with E-state index in [1.54, 1.807) is 12.1 Å². The molecule has 1 aliphatic rings. The largest absolute Gasteiger partial charge is 0.384 e. The summed E-state index contributed by atoms with van der Waals surface area (Å²) in [4.78, 5) is 10.5. The number of aryl methyl sites for hydroxylation is 1. The highest BCUT2D eigenvalue weighted by atomic mass is 16.6. The fourth-order valence-electron chi connectivity index (χ4n) is 2.76. The molecule has 0 spiro atoms. The molecule has 1 aliphatic carbocycles. The van der Waals surface area contributed by atoms with Crippen LogP contribution < -0.4 is 5.32 Å². The Labute approximate surface area is 117 Å². The van der Waals surface area contributed by atoms with Crippen LogP contribution in [-0.4, -0.2) is 11.5 Å². The fourth-order valence-corrected chi connectivity index (χ4v) is 2.76. The lowest BCUT2D eigenvalue weighted by Gasteiger charge is -2.30. The van der Waals surface area contributed by atoms with E-state index in [-0.39, 0.29) is 10.6 Å². The van der Waals surface area contributed by atoms with E-state index in [9.17, 15) is 10.1 Å². The van der Waals surface area contributed by atoms with Crippen LogP contribution in [-0.2, 0) is 6.42 Å². The molecule has 0 amide bonds. The van der Waals surface area contributed by atoms with Gasteiger partial charge in [-0.3, -0.25) is 10.1 Å². The summed E-state index contributed by atoms with van der Waals surface area (Å²) in [5.41, 5.74) is 4.66. The van der Waals surface area contributed by atoms with Gasteiger partial charge in [0.15, 0.2) is 0 Å². The molecule has 0 fully saturated rings. The first kappa shape index (κ1) is 12.7. The van der Waals surface area contributed by atoms with Crippen LogP contribution in [0.4, 0.5) is 11.4 Å². The molecule has 2 aromatic rings. The van der Waals surface area contributed by atoms with E-state index in [1.807, 2.05) is 13.0 Å². The van der Waals surface area contributed by atoms with Crippen molar-refractivity contribution in [1.82, 2.24) is 0 Å². The molecule has 0 radical (unpaired) electrons. The molecule has 0 bridgehead atoms. The molecule has 3 rings (SSSR count). The Bertz CT molecular complexity index is 667. The third kappa shape index (κ3) is 2.37. The van der Waals surface area contributed by atoms with Gasteiger partial charge < -0.3 is 5.32 Å². The Morgan fingerprint density at radius 1 is 1.30 bits per heavy atom. The van der Waals surface area contributed by atoms with Gasteiger partial charge in [-0.15, -0.1) is 0 Å². The van der Waals surface area contributed by atoms with E-state index in [2.05, 4.69) is 29.6 Å². The van der Waals surface area contributed by atoms with Crippen molar-refractivity contribution < 1.29 is 4.92 Å². The van der Waals surface area contributed by atoms with Crippen LogP contribution in [0, 0.1) is 17.0 Å². The van der Waals surface area contributed by atoms with E-state index in [4.69, 9.17) is 0 Å². The maximum absolute atomic E-state index is 10.9. The van der Waals surface area contributed by atoms with E-state index < -0.39 is 0 Å². The minimum Gasteiger partial charge on any atom is -0.384 e. The van der Waals surface area contributed by atoms with Crippen LogP contribution in [0.25, 0.3) is 0 Å². The van der Waals surface area contributed by atoms with Gasteiger partial charge in [-0.1, -0.05) is 24.3 Å². The number of hydrogen-bond acceptors (Lipinski definition) is 3. The summed E-state index contributed by atoms with van der Waals surface area (Å²) in [5.74, 6) is 0.505. The molecule has 4 nitrogen and oxygen atoms in total. The van der Waals surface area contributed by atoms with Crippen LogP contribution >= 0.6 is 0 Å². The molecule has 20 heavy (non-hydrogen) atoms. The highest BCUT2D eigenvalue weighted by Gasteiger charge is 2.24. The smallest absolute Gasteiger partial charge is 0.271 e. The first-order valence-corrected chi connectivity index (χ1v) is 6.71. The monoisotopic (exact) mass is 268 g/mol. The van der Waals surface area contributed by atoms with Crippen molar-refractivity contribution in [2.45, 2.75) is 19.3 Å². The quantitative estimate of drug-likeness (QED) is 0.680.